The van der Waals surface area contributed by atoms with Crippen molar-refractivity contribution in [3.63, 3.8) is 0 Å². The summed E-state index contributed by atoms with van der Waals surface area (Å²) < 4.78 is 47.9. The molecule has 16 heavy (non-hydrogen) atoms. The standard InChI is InChI=1S/C9H6F2N2O2S/c10-9-8(16(11,14)15)6-12-13(9)7-4-2-1-3-5-7/h1-6H. The first-order valence-corrected chi connectivity index (χ1v) is 5.62. The Kier molecular flexibility index (Phi) is 2.47. The number of hydrogen-bond acceptors (Lipinski definition) is 3. The van der Waals surface area contributed by atoms with Crippen molar-refractivity contribution in [3.8, 4) is 5.69 Å². The van der Waals surface area contributed by atoms with E-state index in [1.54, 1.807) is 18.2 Å². The third kappa shape index (κ3) is 1.81. The molecular weight excluding hydrogens is 238 g/mol. The molecule has 0 bridgehead atoms. The van der Waals surface area contributed by atoms with Crippen LogP contribution in [-0.2, 0) is 10.2 Å². The molecule has 0 saturated carbocycles. The fourth-order valence-electron chi connectivity index (χ4n) is 1.23. The van der Waals surface area contributed by atoms with E-state index in [4.69, 9.17) is 0 Å². The molecule has 0 saturated heterocycles. The van der Waals surface area contributed by atoms with E-state index < -0.39 is 21.1 Å². The lowest BCUT2D eigenvalue weighted by Crippen LogP contribution is -2.01. The van der Waals surface area contributed by atoms with Crippen LogP contribution in [0.2, 0.25) is 0 Å². The fraction of sp³-hybridized carbons (Fsp3) is 0. The number of para-hydroxylation sites is 1. The molecule has 84 valence electrons. The van der Waals surface area contributed by atoms with Crippen LogP contribution in [0.15, 0.2) is 41.4 Å². The highest BCUT2D eigenvalue weighted by Gasteiger charge is 2.23. The van der Waals surface area contributed by atoms with Gasteiger partial charge < -0.3 is 0 Å². The van der Waals surface area contributed by atoms with Crippen molar-refractivity contribution in [1.82, 2.24) is 9.78 Å². The molecule has 0 fully saturated rings. The van der Waals surface area contributed by atoms with Crippen molar-refractivity contribution < 1.29 is 16.7 Å². The van der Waals surface area contributed by atoms with E-state index in [0.717, 1.165) is 0 Å². The van der Waals surface area contributed by atoms with Crippen LogP contribution in [0.1, 0.15) is 0 Å². The molecule has 2 aromatic rings. The van der Waals surface area contributed by atoms with Gasteiger partial charge in [0, 0.05) is 0 Å². The van der Waals surface area contributed by atoms with Gasteiger partial charge in [0.05, 0.1) is 11.9 Å². The maximum atomic E-state index is 13.5. The van der Waals surface area contributed by atoms with Crippen molar-refractivity contribution in [2.75, 3.05) is 0 Å². The number of aromatic nitrogens is 2. The molecule has 0 N–H and O–H groups in total. The molecule has 1 aromatic heterocycles. The molecule has 0 spiro atoms. The highest BCUT2D eigenvalue weighted by atomic mass is 32.3. The molecule has 1 aromatic carbocycles. The zero-order valence-corrected chi connectivity index (χ0v) is 8.66. The minimum atomic E-state index is -5.08. The quantitative estimate of drug-likeness (QED) is 0.755. The summed E-state index contributed by atoms with van der Waals surface area (Å²) in [6, 6.07) is 7.99. The van der Waals surface area contributed by atoms with E-state index in [1.807, 2.05) is 0 Å². The van der Waals surface area contributed by atoms with Gasteiger partial charge in [-0.1, -0.05) is 18.2 Å². The van der Waals surface area contributed by atoms with Crippen molar-refractivity contribution >= 4 is 10.2 Å². The highest BCUT2D eigenvalue weighted by molar-refractivity contribution is 7.86. The molecular formula is C9H6F2N2O2S. The Morgan fingerprint density at radius 1 is 1.19 bits per heavy atom. The van der Waals surface area contributed by atoms with Gasteiger partial charge in [-0.25, -0.2) is 4.68 Å². The van der Waals surface area contributed by atoms with Crippen LogP contribution in [0, 0.1) is 5.95 Å². The van der Waals surface area contributed by atoms with E-state index >= 15 is 0 Å². The molecule has 7 heteroatoms. The van der Waals surface area contributed by atoms with E-state index in [9.17, 15) is 16.7 Å². The predicted molar refractivity (Wildman–Crippen MR) is 51.8 cm³/mol. The van der Waals surface area contributed by atoms with Crippen LogP contribution in [-0.4, -0.2) is 18.2 Å². The number of rotatable bonds is 2. The number of benzene rings is 1. The van der Waals surface area contributed by atoms with Gasteiger partial charge in [0.2, 0.25) is 5.95 Å². The summed E-state index contributed by atoms with van der Waals surface area (Å²) in [5, 5.41) is 3.47. The van der Waals surface area contributed by atoms with Crippen LogP contribution in [0.25, 0.3) is 5.69 Å². The van der Waals surface area contributed by atoms with Crippen LogP contribution >= 0.6 is 0 Å². The smallest absolute Gasteiger partial charge is 0.205 e. The van der Waals surface area contributed by atoms with Gasteiger partial charge in [-0.3, -0.25) is 0 Å². The van der Waals surface area contributed by atoms with Gasteiger partial charge in [0.25, 0.3) is 0 Å². The number of hydrogen-bond donors (Lipinski definition) is 0. The summed E-state index contributed by atoms with van der Waals surface area (Å²) in [6.07, 6.45) is 0.637. The zero-order chi connectivity index (χ0) is 11.8. The summed E-state index contributed by atoms with van der Waals surface area (Å²) in [6.45, 7) is 0. The molecule has 0 aliphatic heterocycles. The maximum absolute atomic E-state index is 13.5. The monoisotopic (exact) mass is 244 g/mol. The number of halogens is 2. The zero-order valence-electron chi connectivity index (χ0n) is 7.84. The topological polar surface area (TPSA) is 52.0 Å². The van der Waals surface area contributed by atoms with Gasteiger partial charge >= 0.3 is 10.2 Å². The summed E-state index contributed by atoms with van der Waals surface area (Å²) >= 11 is 0. The second kappa shape index (κ2) is 3.67. The highest BCUT2D eigenvalue weighted by Crippen LogP contribution is 2.18. The molecule has 2 rings (SSSR count). The van der Waals surface area contributed by atoms with Crippen molar-refractivity contribution in [3.05, 3.63) is 42.5 Å². The molecule has 0 radical (unpaired) electrons. The molecule has 0 unspecified atom stereocenters. The fourth-order valence-corrected chi connectivity index (χ4v) is 1.69. The average Bonchev–Trinajstić information content (AvgIpc) is 2.61. The third-order valence-corrected chi connectivity index (χ3v) is 2.74. The normalized spacial score (nSPS) is 11.6. The second-order valence-corrected chi connectivity index (χ2v) is 4.30. The summed E-state index contributed by atoms with van der Waals surface area (Å²) in [5.74, 6) is -1.24. The van der Waals surface area contributed by atoms with Gasteiger partial charge in [0.15, 0.2) is 4.90 Å². The Morgan fingerprint density at radius 3 is 2.31 bits per heavy atom. The predicted octanol–water partition coefficient (Wildman–Crippen LogP) is 1.67. The first-order chi connectivity index (χ1) is 7.50. The molecule has 1 heterocycles. The summed E-state index contributed by atoms with van der Waals surface area (Å²) in [5.41, 5.74) is 0.315. The van der Waals surface area contributed by atoms with Crippen LogP contribution in [0.3, 0.4) is 0 Å². The Bertz CT molecular complexity index is 608. The lowest BCUT2D eigenvalue weighted by molar-refractivity contribution is 0.500. The minimum absolute atomic E-state index is 0.315. The second-order valence-electron chi connectivity index (χ2n) is 2.98. The van der Waals surface area contributed by atoms with E-state index in [2.05, 4.69) is 5.10 Å². The molecule has 0 atom stereocenters. The van der Waals surface area contributed by atoms with Crippen molar-refractivity contribution in [2.45, 2.75) is 4.90 Å². The molecule has 0 aliphatic carbocycles. The first-order valence-electron chi connectivity index (χ1n) is 4.24. The Morgan fingerprint density at radius 2 is 1.81 bits per heavy atom. The minimum Gasteiger partial charge on any atom is -0.205 e. The summed E-state index contributed by atoms with van der Waals surface area (Å²) in [7, 11) is -5.08. The molecule has 0 amide bonds. The number of nitrogens with zero attached hydrogens (tertiary/aromatic N) is 2. The van der Waals surface area contributed by atoms with Gasteiger partial charge in [-0.15, -0.1) is 3.89 Å². The average molecular weight is 244 g/mol. The first kappa shape index (κ1) is 10.7. The molecule has 0 aliphatic rings. The lowest BCUT2D eigenvalue weighted by atomic mass is 10.3. The van der Waals surface area contributed by atoms with Crippen LogP contribution in [0.4, 0.5) is 8.28 Å². The third-order valence-electron chi connectivity index (χ3n) is 1.94. The van der Waals surface area contributed by atoms with Crippen LogP contribution in [0.5, 0.6) is 0 Å². The maximum Gasteiger partial charge on any atom is 0.338 e. The summed E-state index contributed by atoms with van der Waals surface area (Å²) in [4.78, 5) is -1.06. The SMILES string of the molecule is O=S(=O)(F)c1cnn(-c2ccccc2)c1F. The van der Waals surface area contributed by atoms with Gasteiger partial charge in [0.1, 0.15) is 0 Å². The van der Waals surface area contributed by atoms with E-state index in [-0.39, 0.29) is 0 Å². The van der Waals surface area contributed by atoms with Crippen molar-refractivity contribution in [2.24, 2.45) is 0 Å². The Balaban J connectivity index is 2.59. The van der Waals surface area contributed by atoms with Crippen molar-refractivity contribution in [1.29, 1.82) is 0 Å². The van der Waals surface area contributed by atoms with Crippen LogP contribution < -0.4 is 0 Å². The molecule has 4 nitrogen and oxygen atoms in total. The van der Waals surface area contributed by atoms with E-state index in [0.29, 0.717) is 16.6 Å². The Hall–Kier alpha value is -1.76. The van der Waals surface area contributed by atoms with Gasteiger partial charge in [-0.2, -0.15) is 17.9 Å². The van der Waals surface area contributed by atoms with Gasteiger partial charge in [-0.05, 0) is 12.1 Å². The largest absolute Gasteiger partial charge is 0.338 e. The van der Waals surface area contributed by atoms with E-state index in [1.165, 1.54) is 12.1 Å². The lowest BCUT2D eigenvalue weighted by Gasteiger charge is -2.00. The Labute approximate surface area is 90.3 Å².